The lowest BCUT2D eigenvalue weighted by Gasteiger charge is -2.26. The van der Waals surface area contributed by atoms with Gasteiger partial charge in [-0.2, -0.15) is 4.89 Å². The highest BCUT2D eigenvalue weighted by molar-refractivity contribution is 5.85. The summed E-state index contributed by atoms with van der Waals surface area (Å²) in [7, 11) is 0. The molecular formula is C6H7NO7. The molecule has 8 heteroatoms. The summed E-state index contributed by atoms with van der Waals surface area (Å²) in [6.07, 6.45) is -0.0447. The average molecular weight is 205 g/mol. The van der Waals surface area contributed by atoms with Crippen molar-refractivity contribution in [3.63, 3.8) is 0 Å². The zero-order valence-corrected chi connectivity index (χ0v) is 6.84. The Hall–Kier alpha value is -1.28. The van der Waals surface area contributed by atoms with Gasteiger partial charge in [0.15, 0.2) is 0 Å². The number of carboxylic acid groups (broad SMARTS) is 1. The summed E-state index contributed by atoms with van der Waals surface area (Å²) in [6.45, 7) is -0.117. The van der Waals surface area contributed by atoms with Crippen LogP contribution < -0.4 is 0 Å². The fraction of sp³-hybridized carbons (Fsp3) is 0.500. The first-order valence-electron chi connectivity index (χ1n) is 3.53. The molecule has 0 saturated carbocycles. The first-order valence-corrected chi connectivity index (χ1v) is 3.53. The van der Waals surface area contributed by atoms with Gasteiger partial charge in [0.2, 0.25) is 0 Å². The normalized spacial score (nSPS) is 27.7. The van der Waals surface area contributed by atoms with Crippen LogP contribution in [0.15, 0.2) is 5.57 Å². The number of aliphatic carboxylic acids is 1. The highest BCUT2D eigenvalue weighted by Crippen LogP contribution is 2.33. The van der Waals surface area contributed by atoms with Crippen LogP contribution in [0, 0.1) is 0 Å². The lowest BCUT2D eigenvalue weighted by molar-refractivity contribution is -0.470. The van der Waals surface area contributed by atoms with Gasteiger partial charge in [-0.3, -0.25) is 0 Å². The minimum absolute atomic E-state index is 0.0447. The van der Waals surface area contributed by atoms with Gasteiger partial charge in [0, 0.05) is 6.54 Å². The molecule has 8 nitrogen and oxygen atoms in total. The standard InChI is InChI=1S/C6H7NO7/c8-3-4-1-2-7(14-12)6(4,13-11)5(9)10/h11-12H,1-2H2,(H,9,10). The maximum absolute atomic E-state index is 10.8. The summed E-state index contributed by atoms with van der Waals surface area (Å²) >= 11 is 0. The van der Waals surface area contributed by atoms with E-state index in [-0.39, 0.29) is 18.5 Å². The van der Waals surface area contributed by atoms with E-state index in [0.717, 1.165) is 0 Å². The van der Waals surface area contributed by atoms with Crippen molar-refractivity contribution in [3.8, 4) is 0 Å². The van der Waals surface area contributed by atoms with Crippen molar-refractivity contribution >= 4 is 11.9 Å². The van der Waals surface area contributed by atoms with Gasteiger partial charge in [-0.1, -0.05) is 0 Å². The highest BCUT2D eigenvalue weighted by Gasteiger charge is 2.57. The Labute approximate surface area is 77.4 Å². The number of hydrogen-bond acceptors (Lipinski definition) is 7. The van der Waals surface area contributed by atoms with Gasteiger partial charge in [-0.15, -0.1) is 10.1 Å². The van der Waals surface area contributed by atoms with E-state index in [9.17, 15) is 9.59 Å². The van der Waals surface area contributed by atoms with Gasteiger partial charge >= 0.3 is 11.7 Å². The predicted molar refractivity (Wildman–Crippen MR) is 38.3 cm³/mol. The second kappa shape index (κ2) is 3.84. The van der Waals surface area contributed by atoms with Crippen LogP contribution in [0.5, 0.6) is 0 Å². The largest absolute Gasteiger partial charge is 0.478 e. The predicted octanol–water partition coefficient (Wildman–Crippen LogP) is -0.875. The lowest BCUT2D eigenvalue weighted by Crippen LogP contribution is -2.52. The quantitative estimate of drug-likeness (QED) is 0.309. The molecular weight excluding hydrogens is 198 g/mol. The summed E-state index contributed by atoms with van der Waals surface area (Å²) in [5, 5.41) is 26.0. The minimum Gasteiger partial charge on any atom is -0.478 e. The molecule has 1 aliphatic rings. The Balaban J connectivity index is 3.20. The SMILES string of the molecule is O=C=C1CCN(OO)C1(OO)C(=O)O. The maximum atomic E-state index is 10.8. The Morgan fingerprint density at radius 3 is 2.57 bits per heavy atom. The van der Waals surface area contributed by atoms with Crippen molar-refractivity contribution in [2.24, 2.45) is 0 Å². The summed E-state index contributed by atoms with van der Waals surface area (Å²) in [4.78, 5) is 28.5. The van der Waals surface area contributed by atoms with Crippen LogP contribution in [-0.2, 0) is 19.5 Å². The molecule has 78 valence electrons. The third kappa shape index (κ3) is 1.23. The van der Waals surface area contributed by atoms with Crippen molar-refractivity contribution in [1.29, 1.82) is 0 Å². The molecule has 1 rings (SSSR count). The number of carbonyl (C=O) groups is 1. The highest BCUT2D eigenvalue weighted by atomic mass is 17.2. The molecule has 0 bridgehead atoms. The number of hydrogen-bond donors (Lipinski definition) is 3. The van der Waals surface area contributed by atoms with Crippen LogP contribution in [-0.4, -0.2) is 44.9 Å². The summed E-state index contributed by atoms with van der Waals surface area (Å²) in [5.41, 5.74) is -2.88. The molecule has 0 amide bonds. The van der Waals surface area contributed by atoms with E-state index in [1.807, 2.05) is 0 Å². The van der Waals surface area contributed by atoms with Gasteiger partial charge in [0.25, 0.3) is 0 Å². The van der Waals surface area contributed by atoms with Crippen LogP contribution in [0.2, 0.25) is 0 Å². The topological polar surface area (TPSA) is 117 Å². The molecule has 1 saturated heterocycles. The fourth-order valence-electron chi connectivity index (χ4n) is 1.28. The zero-order chi connectivity index (χ0) is 10.8. The number of rotatable bonds is 3. The summed E-state index contributed by atoms with van der Waals surface area (Å²) in [6, 6.07) is 0. The average Bonchev–Trinajstić information content (AvgIpc) is 2.55. The van der Waals surface area contributed by atoms with E-state index in [1.54, 1.807) is 0 Å². The third-order valence-corrected chi connectivity index (χ3v) is 1.97. The number of carboxylic acids is 1. The molecule has 0 aromatic carbocycles. The molecule has 0 aromatic heterocycles. The molecule has 1 atom stereocenters. The first kappa shape index (κ1) is 10.8. The van der Waals surface area contributed by atoms with Crippen molar-refractivity contribution < 1.29 is 35.1 Å². The van der Waals surface area contributed by atoms with Crippen LogP contribution in [0.3, 0.4) is 0 Å². The Bertz CT molecular complexity index is 297. The molecule has 0 radical (unpaired) electrons. The molecule has 1 fully saturated rings. The molecule has 0 aliphatic carbocycles. The van der Waals surface area contributed by atoms with E-state index in [0.29, 0.717) is 5.06 Å². The Morgan fingerprint density at radius 1 is 1.57 bits per heavy atom. The fourth-order valence-corrected chi connectivity index (χ4v) is 1.28. The smallest absolute Gasteiger partial charge is 0.362 e. The molecule has 1 aliphatic heterocycles. The van der Waals surface area contributed by atoms with E-state index in [1.165, 1.54) is 5.94 Å². The van der Waals surface area contributed by atoms with Crippen molar-refractivity contribution in [1.82, 2.24) is 5.06 Å². The van der Waals surface area contributed by atoms with Crippen LogP contribution >= 0.6 is 0 Å². The van der Waals surface area contributed by atoms with Crippen LogP contribution in [0.1, 0.15) is 6.42 Å². The molecule has 1 unspecified atom stereocenters. The number of hydroxylamine groups is 2. The molecule has 3 N–H and O–H groups in total. The third-order valence-electron chi connectivity index (χ3n) is 1.97. The van der Waals surface area contributed by atoms with E-state index in [2.05, 4.69) is 9.88 Å². The van der Waals surface area contributed by atoms with Crippen LogP contribution in [0.25, 0.3) is 0 Å². The second-order valence-corrected chi connectivity index (χ2v) is 2.55. The van der Waals surface area contributed by atoms with E-state index in [4.69, 9.17) is 15.6 Å². The van der Waals surface area contributed by atoms with Crippen molar-refractivity contribution in [3.05, 3.63) is 5.57 Å². The molecule has 0 spiro atoms. The van der Waals surface area contributed by atoms with Gasteiger partial charge < -0.3 is 5.11 Å². The number of nitrogens with zero attached hydrogens (tertiary/aromatic N) is 1. The first-order chi connectivity index (χ1) is 6.63. The van der Waals surface area contributed by atoms with E-state index >= 15 is 0 Å². The minimum atomic E-state index is -2.50. The van der Waals surface area contributed by atoms with Crippen molar-refractivity contribution in [2.45, 2.75) is 12.1 Å². The summed E-state index contributed by atoms with van der Waals surface area (Å²) < 4.78 is 0. The molecule has 14 heavy (non-hydrogen) atoms. The van der Waals surface area contributed by atoms with Gasteiger partial charge in [0.1, 0.15) is 5.94 Å². The summed E-state index contributed by atoms with van der Waals surface area (Å²) in [5.74, 6) is -0.370. The van der Waals surface area contributed by atoms with Crippen LogP contribution in [0.4, 0.5) is 0 Å². The molecule has 0 aromatic rings. The Morgan fingerprint density at radius 2 is 2.21 bits per heavy atom. The van der Waals surface area contributed by atoms with Crippen molar-refractivity contribution in [2.75, 3.05) is 6.54 Å². The lowest BCUT2D eigenvalue weighted by atomic mass is 10.1. The second-order valence-electron chi connectivity index (χ2n) is 2.55. The van der Waals surface area contributed by atoms with Gasteiger partial charge in [-0.05, 0) is 6.42 Å². The molecule has 1 heterocycles. The van der Waals surface area contributed by atoms with Gasteiger partial charge in [-0.25, -0.2) is 20.1 Å². The number of carbonyl (C=O) groups excluding carboxylic acids is 1. The van der Waals surface area contributed by atoms with Gasteiger partial charge in [0.05, 0.1) is 5.57 Å². The maximum Gasteiger partial charge on any atom is 0.362 e. The zero-order valence-electron chi connectivity index (χ0n) is 6.84. The Kier molecular flexibility index (Phi) is 2.96. The monoisotopic (exact) mass is 205 g/mol. The van der Waals surface area contributed by atoms with E-state index < -0.39 is 11.7 Å².